The van der Waals surface area contributed by atoms with E-state index in [4.69, 9.17) is 0 Å². The van der Waals surface area contributed by atoms with Crippen molar-refractivity contribution in [3.05, 3.63) is 0 Å². The summed E-state index contributed by atoms with van der Waals surface area (Å²) in [5, 5.41) is 0. The summed E-state index contributed by atoms with van der Waals surface area (Å²) in [6.45, 7) is 1.08. The van der Waals surface area contributed by atoms with Crippen molar-refractivity contribution < 1.29 is 4.79 Å². The predicted octanol–water partition coefficient (Wildman–Crippen LogP) is 2.09. The van der Waals surface area contributed by atoms with Crippen molar-refractivity contribution >= 4 is 5.78 Å². The van der Waals surface area contributed by atoms with Gasteiger partial charge in [0.2, 0.25) is 0 Å². The number of hydrogen-bond donors (Lipinski definition) is 0. The molecule has 0 aromatic rings. The van der Waals surface area contributed by atoms with E-state index in [1.165, 1.54) is 19.3 Å². The monoisotopic (exact) mass is 183 g/mol. The van der Waals surface area contributed by atoms with Crippen LogP contribution in [-0.4, -0.2) is 31.3 Å². The van der Waals surface area contributed by atoms with E-state index in [0.717, 1.165) is 25.8 Å². The minimum atomic E-state index is 0.478. The summed E-state index contributed by atoms with van der Waals surface area (Å²) in [4.78, 5) is 13.6. The zero-order valence-corrected chi connectivity index (χ0v) is 8.88. The van der Waals surface area contributed by atoms with Gasteiger partial charge in [-0.2, -0.15) is 0 Å². The number of ketones is 1. The average Bonchev–Trinajstić information content (AvgIpc) is 1.98. The van der Waals surface area contributed by atoms with Gasteiger partial charge in [0.05, 0.1) is 0 Å². The average molecular weight is 183 g/mol. The molecule has 2 nitrogen and oxygen atoms in total. The largest absolute Gasteiger partial charge is 0.309 e. The maximum absolute atomic E-state index is 11.4. The Kier molecular flexibility index (Phi) is 4.43. The van der Waals surface area contributed by atoms with Gasteiger partial charge < -0.3 is 4.90 Å². The van der Waals surface area contributed by atoms with Crippen LogP contribution in [0.15, 0.2) is 0 Å². The van der Waals surface area contributed by atoms with Gasteiger partial charge >= 0.3 is 0 Å². The highest BCUT2D eigenvalue weighted by atomic mass is 16.1. The summed E-state index contributed by atoms with van der Waals surface area (Å²) in [6, 6.07) is 0. The molecule has 0 aliphatic heterocycles. The van der Waals surface area contributed by atoms with Crippen molar-refractivity contribution in [1.82, 2.24) is 4.90 Å². The third kappa shape index (κ3) is 4.41. The molecule has 0 N–H and O–H groups in total. The van der Waals surface area contributed by atoms with Crippen LogP contribution in [0.4, 0.5) is 0 Å². The van der Waals surface area contributed by atoms with Gasteiger partial charge in [0, 0.05) is 19.4 Å². The van der Waals surface area contributed by atoms with Gasteiger partial charge in [-0.25, -0.2) is 0 Å². The highest BCUT2D eigenvalue weighted by Crippen LogP contribution is 2.20. The van der Waals surface area contributed by atoms with Crippen molar-refractivity contribution in [3.63, 3.8) is 0 Å². The normalized spacial score (nSPS) is 25.8. The molecular weight excluding hydrogens is 162 g/mol. The number of carbonyl (C=O) groups excluding carboxylic acids is 1. The van der Waals surface area contributed by atoms with Gasteiger partial charge in [0.15, 0.2) is 0 Å². The lowest BCUT2D eigenvalue weighted by atomic mass is 9.90. The van der Waals surface area contributed by atoms with Crippen LogP contribution in [-0.2, 0) is 4.79 Å². The predicted molar refractivity (Wildman–Crippen MR) is 54.8 cm³/mol. The van der Waals surface area contributed by atoms with Crippen molar-refractivity contribution in [1.29, 1.82) is 0 Å². The molecule has 1 saturated carbocycles. The van der Waals surface area contributed by atoms with E-state index in [0.29, 0.717) is 11.7 Å². The standard InChI is InChI=1S/C11H21NO/c1-12(2)9-10-6-4-3-5-7-11(13)8-10/h10H,3-9H2,1-2H3. The molecule has 1 rings (SSSR count). The summed E-state index contributed by atoms with van der Waals surface area (Å²) in [5.74, 6) is 1.09. The maximum Gasteiger partial charge on any atom is 0.133 e. The van der Waals surface area contributed by atoms with Gasteiger partial charge in [-0.05, 0) is 32.9 Å². The first-order valence-electron chi connectivity index (χ1n) is 5.35. The Morgan fingerprint density at radius 2 is 2.08 bits per heavy atom. The molecule has 0 saturated heterocycles. The Balaban J connectivity index is 2.36. The zero-order valence-electron chi connectivity index (χ0n) is 8.88. The zero-order chi connectivity index (χ0) is 9.68. The van der Waals surface area contributed by atoms with Crippen LogP contribution in [0.2, 0.25) is 0 Å². The molecule has 2 heteroatoms. The second-order valence-corrected chi connectivity index (χ2v) is 4.47. The summed E-state index contributed by atoms with van der Waals surface area (Å²) in [5.41, 5.74) is 0. The van der Waals surface area contributed by atoms with E-state index < -0.39 is 0 Å². The second-order valence-electron chi connectivity index (χ2n) is 4.47. The molecule has 0 bridgehead atoms. The fourth-order valence-electron chi connectivity index (χ4n) is 2.13. The topological polar surface area (TPSA) is 20.3 Å². The highest BCUT2D eigenvalue weighted by Gasteiger charge is 2.16. The van der Waals surface area contributed by atoms with Crippen molar-refractivity contribution in [2.45, 2.75) is 38.5 Å². The Hall–Kier alpha value is -0.370. The van der Waals surface area contributed by atoms with E-state index >= 15 is 0 Å². The molecular formula is C11H21NO. The Labute approximate surface area is 81.3 Å². The summed E-state index contributed by atoms with van der Waals surface area (Å²) in [7, 11) is 4.17. The summed E-state index contributed by atoms with van der Waals surface area (Å²) >= 11 is 0. The lowest BCUT2D eigenvalue weighted by molar-refractivity contribution is -0.120. The van der Waals surface area contributed by atoms with E-state index in [1.54, 1.807) is 0 Å². The molecule has 0 aromatic heterocycles. The van der Waals surface area contributed by atoms with Gasteiger partial charge in [-0.15, -0.1) is 0 Å². The molecule has 76 valence electrons. The third-order valence-corrected chi connectivity index (χ3v) is 2.71. The van der Waals surface area contributed by atoms with E-state index in [2.05, 4.69) is 19.0 Å². The minimum Gasteiger partial charge on any atom is -0.309 e. The summed E-state index contributed by atoms with van der Waals surface area (Å²) in [6.07, 6.45) is 6.56. The fraction of sp³-hybridized carbons (Fsp3) is 0.909. The van der Waals surface area contributed by atoms with Crippen molar-refractivity contribution in [2.24, 2.45) is 5.92 Å². The molecule has 0 amide bonds. The first-order chi connectivity index (χ1) is 6.18. The molecule has 13 heavy (non-hydrogen) atoms. The SMILES string of the molecule is CN(C)CC1CCCCCC(=O)C1. The number of rotatable bonds is 2. The van der Waals surface area contributed by atoms with Gasteiger partial charge in [0.25, 0.3) is 0 Å². The first kappa shape index (κ1) is 10.7. The van der Waals surface area contributed by atoms with Gasteiger partial charge in [-0.1, -0.05) is 12.8 Å². The van der Waals surface area contributed by atoms with Crippen LogP contribution >= 0.6 is 0 Å². The number of hydrogen-bond acceptors (Lipinski definition) is 2. The third-order valence-electron chi connectivity index (χ3n) is 2.71. The molecule has 1 atom stereocenters. The molecule has 1 fully saturated rings. The molecule has 1 unspecified atom stereocenters. The van der Waals surface area contributed by atoms with Crippen LogP contribution in [0, 0.1) is 5.92 Å². The number of carbonyl (C=O) groups is 1. The van der Waals surface area contributed by atoms with Gasteiger partial charge in [0.1, 0.15) is 5.78 Å². The van der Waals surface area contributed by atoms with E-state index in [9.17, 15) is 4.79 Å². The number of nitrogens with zero attached hydrogens (tertiary/aromatic N) is 1. The van der Waals surface area contributed by atoms with Gasteiger partial charge in [-0.3, -0.25) is 4.79 Å². The maximum atomic E-state index is 11.4. The highest BCUT2D eigenvalue weighted by molar-refractivity contribution is 5.78. The molecule has 1 aliphatic rings. The molecule has 0 radical (unpaired) electrons. The Morgan fingerprint density at radius 1 is 1.31 bits per heavy atom. The minimum absolute atomic E-state index is 0.478. The van der Waals surface area contributed by atoms with E-state index in [1.807, 2.05) is 0 Å². The fourth-order valence-corrected chi connectivity index (χ4v) is 2.13. The van der Waals surface area contributed by atoms with E-state index in [-0.39, 0.29) is 0 Å². The smallest absolute Gasteiger partial charge is 0.133 e. The van der Waals surface area contributed by atoms with Crippen LogP contribution in [0.5, 0.6) is 0 Å². The van der Waals surface area contributed by atoms with Crippen molar-refractivity contribution in [3.8, 4) is 0 Å². The molecule has 0 heterocycles. The Morgan fingerprint density at radius 3 is 2.77 bits per heavy atom. The lowest BCUT2D eigenvalue weighted by Gasteiger charge is -2.22. The van der Waals surface area contributed by atoms with Crippen molar-refractivity contribution in [2.75, 3.05) is 20.6 Å². The first-order valence-corrected chi connectivity index (χ1v) is 5.35. The molecule has 1 aliphatic carbocycles. The Bertz CT molecular complexity index is 165. The van der Waals surface area contributed by atoms with Crippen LogP contribution in [0.25, 0.3) is 0 Å². The molecule has 0 spiro atoms. The van der Waals surface area contributed by atoms with Crippen LogP contribution < -0.4 is 0 Å². The molecule has 0 aromatic carbocycles. The second kappa shape index (κ2) is 5.38. The quantitative estimate of drug-likeness (QED) is 0.653. The lowest BCUT2D eigenvalue weighted by Crippen LogP contribution is -2.24. The van der Waals surface area contributed by atoms with Crippen LogP contribution in [0.1, 0.15) is 38.5 Å². The van der Waals surface area contributed by atoms with Crippen LogP contribution in [0.3, 0.4) is 0 Å². The summed E-state index contributed by atoms with van der Waals surface area (Å²) < 4.78 is 0. The number of Topliss-reactive ketones (excluding diaryl/α,β-unsaturated/α-hetero) is 1.